The van der Waals surface area contributed by atoms with E-state index in [-0.39, 0.29) is 5.92 Å². The molecule has 1 fully saturated rings. The predicted octanol–water partition coefficient (Wildman–Crippen LogP) is -0.495. The van der Waals surface area contributed by atoms with Crippen molar-refractivity contribution in [2.75, 3.05) is 6.61 Å². The van der Waals surface area contributed by atoms with Gasteiger partial charge in [-0.05, 0) is 20.3 Å². The third-order valence-corrected chi connectivity index (χ3v) is 3.82. The van der Waals surface area contributed by atoms with Crippen molar-refractivity contribution in [2.24, 2.45) is 5.92 Å². The normalized spacial score (nSPS) is 24.5. The van der Waals surface area contributed by atoms with Crippen LogP contribution in [0.5, 0.6) is 0 Å². The van der Waals surface area contributed by atoms with Crippen molar-refractivity contribution in [1.29, 1.82) is 0 Å². The monoisotopic (exact) mass is 334 g/mol. The van der Waals surface area contributed by atoms with Crippen molar-refractivity contribution < 1.29 is 46.2 Å². The van der Waals surface area contributed by atoms with Crippen molar-refractivity contribution in [3.8, 4) is 0 Å². The zero-order chi connectivity index (χ0) is 16.6. The van der Waals surface area contributed by atoms with Gasteiger partial charge in [-0.15, -0.1) is 0 Å². The van der Waals surface area contributed by atoms with Crippen LogP contribution in [-0.2, 0) is 24.4 Å². The van der Waals surface area contributed by atoms with Gasteiger partial charge in [0.25, 0.3) is 6.29 Å². The molecule has 0 aromatic heterocycles. The molecule has 0 bridgehead atoms. The van der Waals surface area contributed by atoms with E-state index < -0.39 is 45.9 Å². The summed E-state index contributed by atoms with van der Waals surface area (Å²) in [6, 6.07) is 0. The van der Waals surface area contributed by atoms with Gasteiger partial charge in [-0.3, -0.25) is 4.55 Å². The number of halogens is 2. The van der Waals surface area contributed by atoms with E-state index in [0.717, 1.165) is 0 Å². The summed E-state index contributed by atoms with van der Waals surface area (Å²) in [5.74, 6) is -1.67. The largest absolute Gasteiger partial charge is 0.430 e. The van der Waals surface area contributed by atoms with Gasteiger partial charge in [0.2, 0.25) is 0 Å². The first-order valence-electron chi connectivity index (χ1n) is 5.83. The molecule has 0 saturated heterocycles. The Kier molecular flexibility index (Phi) is 4.95. The molecule has 3 atom stereocenters. The molecule has 1 rings (SSSR count). The third kappa shape index (κ3) is 4.54. The Bertz CT molecular complexity index is 498. The molecule has 0 heterocycles. The van der Waals surface area contributed by atoms with Crippen molar-refractivity contribution in [1.82, 2.24) is 0 Å². The van der Waals surface area contributed by atoms with E-state index >= 15 is 0 Å². The summed E-state index contributed by atoms with van der Waals surface area (Å²) in [5, 5.41) is 13.4. The molecule has 1 saturated carbocycles. The van der Waals surface area contributed by atoms with E-state index in [0.29, 0.717) is 6.42 Å². The first-order valence-corrected chi connectivity index (χ1v) is 7.27. The number of carbonyl (C=O) groups is 1. The van der Waals surface area contributed by atoms with Crippen LogP contribution in [0.2, 0.25) is 0 Å². The highest BCUT2D eigenvalue weighted by Gasteiger charge is 2.54. The van der Waals surface area contributed by atoms with Gasteiger partial charge in [0, 0.05) is 5.92 Å². The minimum atomic E-state index is -5.93. The molecule has 1 aliphatic rings. The second kappa shape index (κ2) is 5.72. The molecule has 0 amide bonds. The van der Waals surface area contributed by atoms with Gasteiger partial charge in [0.15, 0.2) is 0 Å². The number of ether oxygens (including phenoxy) is 2. The molecule has 3 unspecified atom stereocenters. The third-order valence-electron chi connectivity index (χ3n) is 2.93. The maximum atomic E-state index is 12.9. The average Bonchev–Trinajstić information content (AvgIpc) is 3.03. The predicted molar refractivity (Wildman–Crippen MR) is 62.7 cm³/mol. The number of alkyl halides is 2. The summed E-state index contributed by atoms with van der Waals surface area (Å²) in [7, 11) is -5.93. The lowest BCUT2D eigenvalue weighted by Crippen LogP contribution is -2.44. The highest BCUT2D eigenvalue weighted by Crippen LogP contribution is 2.42. The average molecular weight is 334 g/mol. The molecule has 0 aromatic rings. The molecular formula is C10H16F2O8S. The van der Waals surface area contributed by atoms with Gasteiger partial charge in [0.05, 0.1) is 11.7 Å². The van der Waals surface area contributed by atoms with Crippen LogP contribution in [0.1, 0.15) is 20.3 Å². The second-order valence-corrected chi connectivity index (χ2v) is 6.72. The number of aliphatic hydroxyl groups excluding tert-OH is 1. The molecular weight excluding hydrogens is 318 g/mol. The first kappa shape index (κ1) is 18.2. The fourth-order valence-corrected chi connectivity index (χ4v) is 1.93. The Hall–Kier alpha value is -0.880. The van der Waals surface area contributed by atoms with Crippen LogP contribution >= 0.6 is 0 Å². The molecule has 3 N–H and O–H groups in total. The lowest BCUT2D eigenvalue weighted by atomic mass is 10.0. The van der Waals surface area contributed by atoms with Gasteiger partial charge in [-0.25, -0.2) is 4.79 Å². The van der Waals surface area contributed by atoms with E-state index in [1.165, 1.54) is 13.8 Å². The summed E-state index contributed by atoms with van der Waals surface area (Å²) in [5.41, 5.74) is -1.02. The fourth-order valence-electron chi connectivity index (χ4n) is 1.63. The fraction of sp³-hybridized carbons (Fsp3) is 0.900. The number of carbonyl (C=O) groups excluding carboxylic acids is 1. The minimum Gasteiger partial charge on any atom is -0.426 e. The molecule has 0 aliphatic heterocycles. The smallest absolute Gasteiger partial charge is 0.426 e. The van der Waals surface area contributed by atoms with Crippen molar-refractivity contribution in [2.45, 2.75) is 43.5 Å². The van der Waals surface area contributed by atoms with Gasteiger partial charge in [-0.2, -0.15) is 17.2 Å². The van der Waals surface area contributed by atoms with Gasteiger partial charge in [0.1, 0.15) is 6.61 Å². The number of rotatable bonds is 7. The minimum absolute atomic E-state index is 0.227. The molecule has 1 aliphatic carbocycles. The van der Waals surface area contributed by atoms with E-state index in [4.69, 9.17) is 14.4 Å². The molecule has 11 heteroatoms. The SMILES string of the molecule is CC(C)(O)C1CC1OCC(=O)OC(O)C(F)(F)S(=O)(=O)O. The molecule has 0 aromatic carbocycles. The van der Waals surface area contributed by atoms with Gasteiger partial charge < -0.3 is 19.7 Å². The lowest BCUT2D eigenvalue weighted by Gasteiger charge is -2.19. The van der Waals surface area contributed by atoms with Crippen LogP contribution in [0.4, 0.5) is 8.78 Å². The number of hydrogen-bond donors (Lipinski definition) is 3. The van der Waals surface area contributed by atoms with Crippen LogP contribution in [0.15, 0.2) is 0 Å². The summed E-state index contributed by atoms with van der Waals surface area (Å²) >= 11 is 0. The second-order valence-electron chi connectivity index (χ2n) is 5.22. The number of hydrogen-bond acceptors (Lipinski definition) is 7. The van der Waals surface area contributed by atoms with E-state index in [1.54, 1.807) is 0 Å². The quantitative estimate of drug-likeness (QED) is 0.323. The molecule has 8 nitrogen and oxygen atoms in total. The van der Waals surface area contributed by atoms with Gasteiger partial charge >= 0.3 is 21.3 Å². The van der Waals surface area contributed by atoms with Crippen LogP contribution in [0.3, 0.4) is 0 Å². The molecule has 21 heavy (non-hydrogen) atoms. The van der Waals surface area contributed by atoms with Crippen LogP contribution in [-0.4, -0.2) is 59.0 Å². The van der Waals surface area contributed by atoms with Crippen LogP contribution in [0.25, 0.3) is 0 Å². The Morgan fingerprint density at radius 1 is 1.43 bits per heavy atom. The van der Waals surface area contributed by atoms with Gasteiger partial charge in [-0.1, -0.05) is 0 Å². The van der Waals surface area contributed by atoms with E-state index in [9.17, 15) is 27.1 Å². The van der Waals surface area contributed by atoms with Crippen LogP contribution < -0.4 is 0 Å². The van der Waals surface area contributed by atoms with Crippen molar-refractivity contribution >= 4 is 16.1 Å². The van der Waals surface area contributed by atoms with Crippen molar-refractivity contribution in [3.05, 3.63) is 0 Å². The Balaban J connectivity index is 2.42. The van der Waals surface area contributed by atoms with Crippen LogP contribution in [0, 0.1) is 5.92 Å². The van der Waals surface area contributed by atoms with Crippen molar-refractivity contribution in [3.63, 3.8) is 0 Å². The maximum Gasteiger partial charge on any atom is 0.430 e. The van der Waals surface area contributed by atoms with E-state index in [2.05, 4.69) is 4.74 Å². The molecule has 0 spiro atoms. The Labute approximate surface area is 119 Å². The summed E-state index contributed by atoms with van der Waals surface area (Å²) in [6.07, 6.45) is -3.36. The topological polar surface area (TPSA) is 130 Å². The highest BCUT2D eigenvalue weighted by molar-refractivity contribution is 7.86. The molecule has 124 valence electrons. The Morgan fingerprint density at radius 2 is 1.95 bits per heavy atom. The van der Waals surface area contributed by atoms with E-state index in [1.807, 2.05) is 0 Å². The maximum absolute atomic E-state index is 12.9. The summed E-state index contributed by atoms with van der Waals surface area (Å²) in [6.45, 7) is 2.27. The first-order chi connectivity index (χ1) is 9.26. The number of aliphatic hydroxyl groups is 2. The summed E-state index contributed by atoms with van der Waals surface area (Å²) < 4.78 is 63.3. The highest BCUT2D eigenvalue weighted by atomic mass is 32.2. The lowest BCUT2D eigenvalue weighted by molar-refractivity contribution is -0.209. The Morgan fingerprint density at radius 3 is 2.33 bits per heavy atom. The molecule has 0 radical (unpaired) electrons. The summed E-state index contributed by atoms with van der Waals surface area (Å²) in [4.78, 5) is 11.1. The zero-order valence-electron chi connectivity index (χ0n) is 11.2. The zero-order valence-corrected chi connectivity index (χ0v) is 12.0. The standard InChI is InChI=1S/C10H16F2O8S/c1-9(2,15)5-3-6(5)19-4-7(13)20-8(14)10(11,12)21(16,17)18/h5-6,8,14-15H,3-4H2,1-2H3,(H,16,17,18). The number of esters is 1.